The summed E-state index contributed by atoms with van der Waals surface area (Å²) < 4.78 is 11.0. The smallest absolute Gasteiger partial charge is 0.191 e. The van der Waals surface area contributed by atoms with Crippen LogP contribution in [0, 0.1) is 0 Å². The summed E-state index contributed by atoms with van der Waals surface area (Å²) in [7, 11) is 1.71. The lowest BCUT2D eigenvalue weighted by atomic mass is 10.1. The van der Waals surface area contributed by atoms with E-state index in [4.69, 9.17) is 9.47 Å². The molecule has 0 amide bonds. The molecule has 0 bridgehead atoms. The first-order valence-corrected chi connectivity index (χ1v) is 9.09. The van der Waals surface area contributed by atoms with Crippen LogP contribution in [0.15, 0.2) is 59.6 Å². The summed E-state index contributed by atoms with van der Waals surface area (Å²) in [5, 5.41) is 6.64. The van der Waals surface area contributed by atoms with Crippen molar-refractivity contribution in [3.05, 3.63) is 65.7 Å². The monoisotopic (exact) mass is 355 g/mol. The summed E-state index contributed by atoms with van der Waals surface area (Å²) in [4.78, 5) is 4.68. The van der Waals surface area contributed by atoms with Crippen molar-refractivity contribution in [3.8, 4) is 5.75 Å². The second-order valence-corrected chi connectivity index (χ2v) is 5.84. The number of hydrogen-bond donors (Lipinski definition) is 2. The molecule has 0 unspecified atom stereocenters. The number of nitrogens with zero attached hydrogens (tertiary/aromatic N) is 1. The fourth-order valence-corrected chi connectivity index (χ4v) is 2.50. The maximum Gasteiger partial charge on any atom is 0.191 e. The normalized spacial score (nSPS) is 11.2. The molecule has 0 aliphatic rings. The molecule has 2 rings (SSSR count). The Morgan fingerprint density at radius 2 is 1.69 bits per heavy atom. The van der Waals surface area contributed by atoms with Gasteiger partial charge in [0.25, 0.3) is 0 Å². The molecule has 2 aromatic rings. The largest absolute Gasteiger partial charge is 0.494 e. The third-order valence-corrected chi connectivity index (χ3v) is 3.80. The summed E-state index contributed by atoms with van der Waals surface area (Å²) in [5.41, 5.74) is 2.35. The van der Waals surface area contributed by atoms with Gasteiger partial charge in [-0.2, -0.15) is 0 Å². The third-order valence-electron chi connectivity index (χ3n) is 3.80. The zero-order chi connectivity index (χ0) is 18.5. The van der Waals surface area contributed by atoms with Gasteiger partial charge in [-0.25, -0.2) is 4.99 Å². The van der Waals surface area contributed by atoms with E-state index in [2.05, 4.69) is 34.7 Å². The number of aliphatic imine (C=N–C) groups is 1. The second kappa shape index (κ2) is 11.9. The number of hydrogen-bond acceptors (Lipinski definition) is 3. The topological polar surface area (TPSA) is 54.9 Å². The van der Waals surface area contributed by atoms with Crippen molar-refractivity contribution in [1.82, 2.24) is 10.6 Å². The molecule has 2 aromatic carbocycles. The minimum atomic E-state index is 0.604. The Morgan fingerprint density at radius 3 is 2.42 bits per heavy atom. The standard InChI is InChI=1S/C21H29N3O2/c1-3-22-21(23-14-9-15-26-20-12-5-4-6-13-20)24-16-18-10-7-8-11-19(18)17-25-2/h4-8,10-13H,3,9,14-17H2,1-2H3,(H2,22,23,24). The minimum absolute atomic E-state index is 0.604. The van der Waals surface area contributed by atoms with E-state index in [9.17, 15) is 0 Å². The molecule has 0 saturated carbocycles. The van der Waals surface area contributed by atoms with E-state index in [0.717, 1.165) is 31.2 Å². The van der Waals surface area contributed by atoms with Gasteiger partial charge in [0.1, 0.15) is 5.75 Å². The van der Waals surface area contributed by atoms with Gasteiger partial charge in [0.05, 0.1) is 19.8 Å². The van der Waals surface area contributed by atoms with Crippen LogP contribution in [0.1, 0.15) is 24.5 Å². The Morgan fingerprint density at radius 1 is 0.962 bits per heavy atom. The van der Waals surface area contributed by atoms with E-state index in [1.165, 1.54) is 11.1 Å². The highest BCUT2D eigenvalue weighted by Gasteiger charge is 2.02. The molecule has 5 heteroatoms. The van der Waals surface area contributed by atoms with Gasteiger partial charge < -0.3 is 20.1 Å². The fraction of sp³-hybridized carbons (Fsp3) is 0.381. The lowest BCUT2D eigenvalue weighted by molar-refractivity contribution is 0.184. The van der Waals surface area contributed by atoms with Crippen molar-refractivity contribution in [2.24, 2.45) is 4.99 Å². The first kappa shape index (κ1) is 19.8. The Kier molecular flexibility index (Phi) is 9.08. The summed E-state index contributed by atoms with van der Waals surface area (Å²) in [6.07, 6.45) is 0.902. The third kappa shape index (κ3) is 7.15. The SMILES string of the molecule is CCNC(=NCc1ccccc1COC)NCCCOc1ccccc1. The molecule has 0 aromatic heterocycles. The first-order chi connectivity index (χ1) is 12.8. The summed E-state index contributed by atoms with van der Waals surface area (Å²) in [6, 6.07) is 18.1. The van der Waals surface area contributed by atoms with Gasteiger partial charge in [0, 0.05) is 20.2 Å². The van der Waals surface area contributed by atoms with E-state index in [-0.39, 0.29) is 0 Å². The van der Waals surface area contributed by atoms with Gasteiger partial charge in [0.15, 0.2) is 5.96 Å². The number of methoxy groups -OCH3 is 1. The number of rotatable bonds is 10. The van der Waals surface area contributed by atoms with Crippen molar-refractivity contribution >= 4 is 5.96 Å². The number of ether oxygens (including phenoxy) is 2. The zero-order valence-corrected chi connectivity index (χ0v) is 15.7. The maximum atomic E-state index is 5.71. The average molecular weight is 355 g/mol. The van der Waals surface area contributed by atoms with E-state index in [0.29, 0.717) is 19.8 Å². The predicted molar refractivity (Wildman–Crippen MR) is 107 cm³/mol. The molecular weight excluding hydrogens is 326 g/mol. The van der Waals surface area contributed by atoms with Crippen molar-refractivity contribution in [2.75, 3.05) is 26.8 Å². The molecule has 0 spiro atoms. The Balaban J connectivity index is 1.79. The highest BCUT2D eigenvalue weighted by Crippen LogP contribution is 2.11. The van der Waals surface area contributed by atoms with Crippen LogP contribution in [-0.4, -0.2) is 32.8 Å². The van der Waals surface area contributed by atoms with Crippen molar-refractivity contribution in [2.45, 2.75) is 26.5 Å². The van der Waals surface area contributed by atoms with Crippen LogP contribution in [0.3, 0.4) is 0 Å². The van der Waals surface area contributed by atoms with E-state index in [1.807, 2.05) is 42.5 Å². The molecule has 0 fully saturated rings. The highest BCUT2D eigenvalue weighted by atomic mass is 16.5. The van der Waals surface area contributed by atoms with Gasteiger partial charge >= 0.3 is 0 Å². The van der Waals surface area contributed by atoms with Crippen LogP contribution in [-0.2, 0) is 17.9 Å². The predicted octanol–water partition coefficient (Wildman–Crippen LogP) is 3.36. The van der Waals surface area contributed by atoms with Crippen LogP contribution in [0.2, 0.25) is 0 Å². The quantitative estimate of drug-likeness (QED) is 0.390. The van der Waals surface area contributed by atoms with Gasteiger partial charge in [-0.05, 0) is 36.6 Å². The molecule has 2 N–H and O–H groups in total. The van der Waals surface area contributed by atoms with E-state index >= 15 is 0 Å². The van der Waals surface area contributed by atoms with Crippen molar-refractivity contribution in [1.29, 1.82) is 0 Å². The molecule has 26 heavy (non-hydrogen) atoms. The molecular formula is C21H29N3O2. The molecule has 0 aliphatic carbocycles. The molecule has 0 heterocycles. The molecule has 5 nitrogen and oxygen atoms in total. The lowest BCUT2D eigenvalue weighted by Gasteiger charge is -2.12. The van der Waals surface area contributed by atoms with E-state index in [1.54, 1.807) is 7.11 Å². The van der Waals surface area contributed by atoms with Crippen LogP contribution in [0.4, 0.5) is 0 Å². The van der Waals surface area contributed by atoms with E-state index < -0.39 is 0 Å². The van der Waals surface area contributed by atoms with Crippen LogP contribution < -0.4 is 15.4 Å². The summed E-state index contributed by atoms with van der Waals surface area (Å²) >= 11 is 0. The van der Waals surface area contributed by atoms with Gasteiger partial charge in [-0.15, -0.1) is 0 Å². The molecule has 0 radical (unpaired) electrons. The number of para-hydroxylation sites is 1. The average Bonchev–Trinajstić information content (AvgIpc) is 2.68. The number of benzene rings is 2. The Labute approximate surface area is 156 Å². The van der Waals surface area contributed by atoms with Crippen LogP contribution >= 0.6 is 0 Å². The number of guanidine groups is 1. The lowest BCUT2D eigenvalue weighted by Crippen LogP contribution is -2.38. The maximum absolute atomic E-state index is 5.71. The summed E-state index contributed by atoms with van der Waals surface area (Å²) in [5.74, 6) is 1.72. The molecule has 0 atom stereocenters. The minimum Gasteiger partial charge on any atom is -0.494 e. The summed E-state index contributed by atoms with van der Waals surface area (Å²) in [6.45, 7) is 5.59. The molecule has 0 saturated heterocycles. The molecule has 140 valence electrons. The van der Waals surface area contributed by atoms with Crippen molar-refractivity contribution in [3.63, 3.8) is 0 Å². The first-order valence-electron chi connectivity index (χ1n) is 9.09. The van der Waals surface area contributed by atoms with Gasteiger partial charge in [0.2, 0.25) is 0 Å². The second-order valence-electron chi connectivity index (χ2n) is 5.84. The molecule has 0 aliphatic heterocycles. The highest BCUT2D eigenvalue weighted by molar-refractivity contribution is 5.79. The zero-order valence-electron chi connectivity index (χ0n) is 15.7. The number of nitrogens with one attached hydrogen (secondary N) is 2. The fourth-order valence-electron chi connectivity index (χ4n) is 2.50. The van der Waals surface area contributed by atoms with Crippen molar-refractivity contribution < 1.29 is 9.47 Å². The van der Waals surface area contributed by atoms with Gasteiger partial charge in [-0.3, -0.25) is 0 Å². The Bertz CT molecular complexity index is 659. The van der Waals surface area contributed by atoms with Crippen LogP contribution in [0.25, 0.3) is 0 Å². The van der Waals surface area contributed by atoms with Crippen LogP contribution in [0.5, 0.6) is 5.75 Å². The Hall–Kier alpha value is -2.53. The van der Waals surface area contributed by atoms with Gasteiger partial charge in [-0.1, -0.05) is 42.5 Å².